The fraction of sp³-hybridized carbons (Fsp3) is 0. The monoisotopic (exact) mass is 464 g/mol. The van der Waals surface area contributed by atoms with Crippen molar-refractivity contribution in [3.8, 4) is 0 Å². The summed E-state index contributed by atoms with van der Waals surface area (Å²) in [4.78, 5) is 21.6. The Kier molecular flexibility index (Phi) is 13.5. The van der Waals surface area contributed by atoms with Crippen LogP contribution in [0.25, 0.3) is 0 Å². The van der Waals surface area contributed by atoms with E-state index in [1.165, 1.54) is 0 Å². The van der Waals surface area contributed by atoms with Gasteiger partial charge in [0.1, 0.15) is 0 Å². The van der Waals surface area contributed by atoms with Crippen molar-refractivity contribution in [1.82, 2.24) is 0 Å². The first kappa shape index (κ1) is 19.1. The summed E-state index contributed by atoms with van der Waals surface area (Å²) in [5.74, 6) is 0. The van der Waals surface area contributed by atoms with Crippen molar-refractivity contribution in [3.05, 3.63) is 0 Å². The zero-order valence-corrected chi connectivity index (χ0v) is 14.6. The van der Waals surface area contributed by atoms with Crippen LogP contribution >= 0.6 is 34.3 Å². The van der Waals surface area contributed by atoms with Gasteiger partial charge in [-0.05, 0) is 0 Å². The van der Waals surface area contributed by atoms with Gasteiger partial charge in [0, 0.05) is 0 Å². The van der Waals surface area contributed by atoms with Crippen LogP contribution in [0.4, 0.5) is 0 Å². The van der Waals surface area contributed by atoms with Crippen LogP contribution in [0.1, 0.15) is 0 Å². The Labute approximate surface area is 95.1 Å². The normalized spacial score (nSPS) is 10.7. The van der Waals surface area contributed by atoms with Gasteiger partial charge in [0.05, 0.1) is 0 Å². The average Bonchev–Trinajstić information content (AvgIpc) is 1.12. The summed E-state index contributed by atoms with van der Waals surface area (Å²) < 4.78 is 18.5. The van der Waals surface area contributed by atoms with E-state index in [1.54, 1.807) is 0 Å². The molecule has 0 aromatic heterocycles. The molecule has 0 fully saturated rings. The molecule has 0 saturated heterocycles. The minimum absolute atomic E-state index is 0. The second-order valence-electron chi connectivity index (χ2n) is 0.912. The van der Waals surface area contributed by atoms with Gasteiger partial charge in [-0.3, -0.25) is 0 Å². The summed E-state index contributed by atoms with van der Waals surface area (Å²) >= 11 is -3.93. The molecule has 5 nitrogen and oxygen atoms in total. The summed E-state index contributed by atoms with van der Waals surface area (Å²) in [6.07, 6.45) is 0. The molecule has 11 heavy (non-hydrogen) atoms. The number of rotatable bonds is 0. The first-order valence-electron chi connectivity index (χ1n) is 1.47. The number of phosphoric acid groups is 1. The Morgan fingerprint density at radius 1 is 1.09 bits per heavy atom. The molecule has 72 valence electrons. The van der Waals surface area contributed by atoms with Crippen LogP contribution in [0.3, 0.4) is 0 Å². The van der Waals surface area contributed by atoms with Crippen LogP contribution in [0, 0.1) is 0 Å². The summed E-state index contributed by atoms with van der Waals surface area (Å²) in [6.45, 7) is 0. The van der Waals surface area contributed by atoms with Crippen molar-refractivity contribution in [3.63, 3.8) is 0 Å². The van der Waals surface area contributed by atoms with Crippen molar-refractivity contribution in [2.45, 2.75) is 0 Å². The fourth-order valence-electron chi connectivity index (χ4n) is 0. The zero-order chi connectivity index (χ0) is 9.00. The molecule has 0 heterocycles. The molecule has 0 aliphatic rings. The molecule has 0 aromatic rings. The second-order valence-corrected chi connectivity index (χ2v) is 17.3. The van der Waals surface area contributed by atoms with E-state index in [0.29, 0.717) is 0 Å². The molecule has 0 aromatic carbocycles. The van der Waals surface area contributed by atoms with Crippen LogP contribution in [0.2, 0.25) is 0 Å². The van der Waals surface area contributed by atoms with Gasteiger partial charge in [-0.15, -0.1) is 0 Å². The first-order chi connectivity index (χ1) is 4.00. The van der Waals surface area contributed by atoms with E-state index in [4.69, 9.17) is 45.7 Å². The van der Waals surface area contributed by atoms with Crippen LogP contribution in [-0.4, -0.2) is 54.5 Å². The van der Waals surface area contributed by atoms with Crippen molar-refractivity contribution in [2.75, 3.05) is 0 Å². The van der Waals surface area contributed by atoms with Crippen molar-refractivity contribution in [1.29, 1.82) is 0 Å². The standard InChI is InChI=1S/3ClH.H3O4P.O.2Sb.3H/c;;;1-5(2,3)4;;;;;;/h3*1H;(H3,1,2,3,4);;;;;;/q;;;;;;+3;;;/p-3. The second kappa shape index (κ2) is 7.79. The molecule has 11 heteroatoms. The van der Waals surface area contributed by atoms with Gasteiger partial charge in [0.2, 0.25) is 0 Å². The molecule has 0 amide bonds. The van der Waals surface area contributed by atoms with E-state index >= 15 is 0 Å². The van der Waals surface area contributed by atoms with Gasteiger partial charge in [0.15, 0.2) is 0 Å². The number of hydrogen-bond acceptors (Lipinski definition) is 2. The zero-order valence-electron chi connectivity index (χ0n) is 4.89. The molecule has 0 aliphatic heterocycles. The molecule has 0 atom stereocenters. The van der Waals surface area contributed by atoms with Crippen molar-refractivity contribution < 1.29 is 22.3 Å². The topological polar surface area (TPSA) is 94.8 Å². The molecule has 0 radical (unpaired) electrons. The molecular formula is H6Cl3O5PSb2. The van der Waals surface area contributed by atoms with Crippen molar-refractivity contribution >= 4 is 74.1 Å². The van der Waals surface area contributed by atoms with Crippen LogP contribution in [0.5, 0.6) is 0 Å². The Bertz CT molecular complexity index is 132. The summed E-state index contributed by atoms with van der Waals surface area (Å²) in [7, 11) is 9.48. The molecular weight excluding hydrogens is 461 g/mol. The van der Waals surface area contributed by atoms with E-state index in [1.807, 2.05) is 0 Å². The SMILES string of the molecule is O=P(O)(O)O.[O]=[Sb]([Cl])([Cl])[Cl].[SbH3]. The molecule has 0 rings (SSSR count). The van der Waals surface area contributed by atoms with Crippen LogP contribution in [0.15, 0.2) is 0 Å². The summed E-state index contributed by atoms with van der Waals surface area (Å²) in [5, 5.41) is 0. The van der Waals surface area contributed by atoms with Crippen molar-refractivity contribution in [2.24, 2.45) is 0 Å². The van der Waals surface area contributed by atoms with Gasteiger partial charge < -0.3 is 14.7 Å². The Morgan fingerprint density at radius 2 is 1.09 bits per heavy atom. The van der Waals surface area contributed by atoms with Gasteiger partial charge in [-0.25, -0.2) is 4.57 Å². The van der Waals surface area contributed by atoms with Gasteiger partial charge in [-0.2, -0.15) is 0 Å². The molecule has 3 N–H and O–H groups in total. The van der Waals surface area contributed by atoms with E-state index in [9.17, 15) is 3.02 Å². The Hall–Kier alpha value is 2.42. The van der Waals surface area contributed by atoms with Gasteiger partial charge in [0.25, 0.3) is 0 Å². The van der Waals surface area contributed by atoms with E-state index in [0.717, 1.165) is 0 Å². The molecule has 0 spiro atoms. The maximum absolute atomic E-state index is 9.60. The summed E-state index contributed by atoms with van der Waals surface area (Å²) in [6, 6.07) is 0. The van der Waals surface area contributed by atoms with Gasteiger partial charge >= 0.3 is 77.1 Å². The number of halogens is 3. The minimum atomic E-state index is -4.64. The van der Waals surface area contributed by atoms with E-state index in [-0.39, 0.29) is 24.4 Å². The average molecular weight is 467 g/mol. The predicted molar refractivity (Wildman–Crippen MR) is 48.2 cm³/mol. The maximum atomic E-state index is 9.60. The first-order valence-corrected chi connectivity index (χ1v) is 13.8. The molecule has 0 unspecified atom stereocenters. The fourth-order valence-corrected chi connectivity index (χ4v) is 0. The third-order valence-electron chi connectivity index (χ3n) is 0. The Balaban J connectivity index is -0.000000107. The summed E-state index contributed by atoms with van der Waals surface area (Å²) in [5.41, 5.74) is 0. The Morgan fingerprint density at radius 3 is 1.09 bits per heavy atom. The third-order valence-corrected chi connectivity index (χ3v) is 0. The molecule has 0 saturated carbocycles. The van der Waals surface area contributed by atoms with E-state index < -0.39 is 23.2 Å². The van der Waals surface area contributed by atoms with Crippen LogP contribution in [-0.2, 0) is 7.58 Å². The van der Waals surface area contributed by atoms with Crippen LogP contribution < -0.4 is 0 Å². The quantitative estimate of drug-likeness (QED) is 0.329. The van der Waals surface area contributed by atoms with Gasteiger partial charge in [-0.1, -0.05) is 0 Å². The predicted octanol–water partition coefficient (Wildman–Crippen LogP) is -0.544. The van der Waals surface area contributed by atoms with E-state index in [2.05, 4.69) is 0 Å². The molecule has 0 bridgehead atoms. The molecule has 0 aliphatic carbocycles. The number of hydrogen-bond donors (Lipinski definition) is 3. The third kappa shape index (κ3) is 231.